The van der Waals surface area contributed by atoms with E-state index in [0.29, 0.717) is 25.1 Å². The van der Waals surface area contributed by atoms with Crippen molar-refractivity contribution in [2.24, 2.45) is 0 Å². The number of carbonyl (C=O) groups is 2. The fourth-order valence-corrected chi connectivity index (χ4v) is 1.74. The number of nitrogens with zero attached hydrogens (tertiary/aromatic N) is 1. The topological polar surface area (TPSA) is 49.4 Å². The first-order valence-electron chi connectivity index (χ1n) is 6.40. The second-order valence-electron chi connectivity index (χ2n) is 4.07. The minimum Gasteiger partial charge on any atom is -0.347 e. The van der Waals surface area contributed by atoms with E-state index in [1.807, 2.05) is 13.8 Å². The number of carbonyl (C=O) groups excluding carboxylic acids is 2. The van der Waals surface area contributed by atoms with Crippen molar-refractivity contribution in [3.05, 3.63) is 35.6 Å². The summed E-state index contributed by atoms with van der Waals surface area (Å²) in [6, 6.07) is 6.38. The van der Waals surface area contributed by atoms with Gasteiger partial charge in [0.15, 0.2) is 0 Å². The highest BCUT2D eigenvalue weighted by molar-refractivity contribution is 6.34. The Balaban J connectivity index is 2.43. The maximum atomic E-state index is 13.3. The molecule has 5 heteroatoms. The lowest BCUT2D eigenvalue weighted by molar-refractivity contribution is -0.145. The van der Waals surface area contributed by atoms with Crippen LogP contribution >= 0.6 is 0 Å². The molecule has 1 rings (SSSR count). The van der Waals surface area contributed by atoms with Gasteiger partial charge >= 0.3 is 11.8 Å². The number of amides is 2. The lowest BCUT2D eigenvalue weighted by Crippen LogP contribution is -2.43. The third-order valence-electron chi connectivity index (χ3n) is 2.88. The first-order valence-corrected chi connectivity index (χ1v) is 6.40. The highest BCUT2D eigenvalue weighted by Crippen LogP contribution is 2.06. The zero-order valence-electron chi connectivity index (χ0n) is 11.3. The molecule has 4 nitrogen and oxygen atoms in total. The summed E-state index contributed by atoms with van der Waals surface area (Å²) in [5, 5.41) is 2.51. The lowest BCUT2D eigenvalue weighted by Gasteiger charge is -2.17. The second-order valence-corrected chi connectivity index (χ2v) is 4.07. The van der Waals surface area contributed by atoms with E-state index in [1.165, 1.54) is 11.0 Å². The van der Waals surface area contributed by atoms with Crippen LogP contribution in [0, 0.1) is 5.82 Å². The van der Waals surface area contributed by atoms with Gasteiger partial charge in [-0.05, 0) is 31.9 Å². The van der Waals surface area contributed by atoms with Crippen molar-refractivity contribution in [3.63, 3.8) is 0 Å². The van der Waals surface area contributed by atoms with Crippen LogP contribution in [0.3, 0.4) is 0 Å². The molecule has 0 atom stereocenters. The summed E-state index contributed by atoms with van der Waals surface area (Å²) in [5.41, 5.74) is 0.526. The van der Waals surface area contributed by atoms with Gasteiger partial charge in [0, 0.05) is 19.6 Å². The molecule has 0 aliphatic heterocycles. The Labute approximate surface area is 112 Å². The highest BCUT2D eigenvalue weighted by atomic mass is 19.1. The summed E-state index contributed by atoms with van der Waals surface area (Å²) in [4.78, 5) is 24.7. The van der Waals surface area contributed by atoms with E-state index in [4.69, 9.17) is 0 Å². The SMILES string of the molecule is CCN(CC)C(=O)C(=O)NCCc1ccccc1F. The molecule has 0 fully saturated rings. The fourth-order valence-electron chi connectivity index (χ4n) is 1.74. The molecule has 2 amide bonds. The number of hydrogen-bond acceptors (Lipinski definition) is 2. The molecule has 0 aromatic heterocycles. The molecule has 0 radical (unpaired) electrons. The quantitative estimate of drug-likeness (QED) is 0.818. The van der Waals surface area contributed by atoms with Gasteiger partial charge in [-0.25, -0.2) is 4.39 Å². The van der Waals surface area contributed by atoms with Gasteiger partial charge in [0.05, 0.1) is 0 Å². The summed E-state index contributed by atoms with van der Waals surface area (Å²) >= 11 is 0. The smallest absolute Gasteiger partial charge is 0.311 e. The molecule has 0 unspecified atom stereocenters. The predicted octanol–water partition coefficient (Wildman–Crippen LogP) is 1.35. The van der Waals surface area contributed by atoms with Crippen molar-refractivity contribution in [2.75, 3.05) is 19.6 Å². The van der Waals surface area contributed by atoms with Crippen LogP contribution in [-0.2, 0) is 16.0 Å². The molecule has 0 aliphatic rings. The van der Waals surface area contributed by atoms with Crippen LogP contribution in [-0.4, -0.2) is 36.3 Å². The van der Waals surface area contributed by atoms with Gasteiger partial charge in [-0.15, -0.1) is 0 Å². The first-order chi connectivity index (χ1) is 9.10. The fraction of sp³-hybridized carbons (Fsp3) is 0.429. The molecule has 104 valence electrons. The number of nitrogens with one attached hydrogen (secondary N) is 1. The zero-order valence-corrected chi connectivity index (χ0v) is 11.3. The predicted molar refractivity (Wildman–Crippen MR) is 71.0 cm³/mol. The summed E-state index contributed by atoms with van der Waals surface area (Å²) in [5.74, 6) is -1.48. The Morgan fingerprint density at radius 2 is 1.84 bits per heavy atom. The van der Waals surface area contributed by atoms with Gasteiger partial charge < -0.3 is 10.2 Å². The molecule has 0 heterocycles. The Bertz CT molecular complexity index is 445. The Morgan fingerprint density at radius 3 is 2.42 bits per heavy atom. The van der Waals surface area contributed by atoms with Gasteiger partial charge in [-0.3, -0.25) is 9.59 Å². The van der Waals surface area contributed by atoms with Gasteiger partial charge in [-0.1, -0.05) is 18.2 Å². The summed E-state index contributed by atoms with van der Waals surface area (Å²) < 4.78 is 13.3. The number of halogens is 1. The monoisotopic (exact) mass is 266 g/mol. The van der Waals surface area contributed by atoms with Crippen LogP contribution in [0.1, 0.15) is 19.4 Å². The van der Waals surface area contributed by atoms with Crippen LogP contribution in [0.5, 0.6) is 0 Å². The van der Waals surface area contributed by atoms with Crippen molar-refractivity contribution in [3.8, 4) is 0 Å². The largest absolute Gasteiger partial charge is 0.347 e. The van der Waals surface area contributed by atoms with Crippen LogP contribution in [0.2, 0.25) is 0 Å². The molecular weight excluding hydrogens is 247 g/mol. The molecule has 19 heavy (non-hydrogen) atoms. The van der Waals surface area contributed by atoms with Gasteiger partial charge in [-0.2, -0.15) is 0 Å². The van der Waals surface area contributed by atoms with Crippen LogP contribution in [0.15, 0.2) is 24.3 Å². The van der Waals surface area contributed by atoms with Crippen molar-refractivity contribution in [1.29, 1.82) is 0 Å². The normalized spacial score (nSPS) is 10.1. The molecule has 1 N–H and O–H groups in total. The molecule has 1 aromatic carbocycles. The summed E-state index contributed by atoms with van der Waals surface area (Å²) in [7, 11) is 0. The second kappa shape index (κ2) is 7.51. The molecule has 0 saturated heterocycles. The number of rotatable bonds is 5. The molecular formula is C14H19FN2O2. The van der Waals surface area contributed by atoms with Gasteiger partial charge in [0.25, 0.3) is 0 Å². The highest BCUT2D eigenvalue weighted by Gasteiger charge is 2.18. The Kier molecular flexibility index (Phi) is 5.99. The number of likely N-dealkylation sites (N-methyl/N-ethyl adjacent to an activating group) is 1. The molecule has 0 aliphatic carbocycles. The van der Waals surface area contributed by atoms with Crippen molar-refractivity contribution in [1.82, 2.24) is 10.2 Å². The molecule has 0 saturated carbocycles. The van der Waals surface area contributed by atoms with E-state index in [2.05, 4.69) is 5.32 Å². The molecule has 0 bridgehead atoms. The van der Waals surface area contributed by atoms with Gasteiger partial charge in [0.2, 0.25) is 0 Å². The van der Waals surface area contributed by atoms with E-state index in [1.54, 1.807) is 18.2 Å². The zero-order chi connectivity index (χ0) is 14.3. The average Bonchev–Trinajstić information content (AvgIpc) is 2.42. The number of benzene rings is 1. The minimum absolute atomic E-state index is 0.243. The molecule has 0 spiro atoms. The van der Waals surface area contributed by atoms with Crippen LogP contribution < -0.4 is 5.32 Å². The number of hydrogen-bond donors (Lipinski definition) is 1. The van der Waals surface area contributed by atoms with E-state index < -0.39 is 11.8 Å². The first kappa shape index (κ1) is 15.1. The van der Waals surface area contributed by atoms with Crippen molar-refractivity contribution in [2.45, 2.75) is 20.3 Å². The van der Waals surface area contributed by atoms with Crippen molar-refractivity contribution >= 4 is 11.8 Å². The van der Waals surface area contributed by atoms with Crippen LogP contribution in [0.25, 0.3) is 0 Å². The Hall–Kier alpha value is -1.91. The standard InChI is InChI=1S/C14H19FN2O2/c1-3-17(4-2)14(19)13(18)16-10-9-11-7-5-6-8-12(11)15/h5-8H,3-4,9-10H2,1-2H3,(H,16,18). The minimum atomic E-state index is -0.639. The van der Waals surface area contributed by atoms with E-state index in [0.717, 1.165) is 0 Å². The van der Waals surface area contributed by atoms with E-state index in [-0.39, 0.29) is 12.4 Å². The van der Waals surface area contributed by atoms with Crippen molar-refractivity contribution < 1.29 is 14.0 Å². The Morgan fingerprint density at radius 1 is 1.21 bits per heavy atom. The van der Waals surface area contributed by atoms with E-state index >= 15 is 0 Å². The lowest BCUT2D eigenvalue weighted by atomic mass is 10.1. The summed E-state index contributed by atoms with van der Waals surface area (Å²) in [6.07, 6.45) is 0.365. The van der Waals surface area contributed by atoms with Crippen LogP contribution in [0.4, 0.5) is 4.39 Å². The van der Waals surface area contributed by atoms with E-state index in [9.17, 15) is 14.0 Å². The molecule has 1 aromatic rings. The summed E-state index contributed by atoms with van der Waals surface area (Å²) in [6.45, 7) is 4.86. The third kappa shape index (κ3) is 4.35. The van der Waals surface area contributed by atoms with Gasteiger partial charge in [0.1, 0.15) is 5.82 Å². The third-order valence-corrected chi connectivity index (χ3v) is 2.88. The average molecular weight is 266 g/mol. The maximum Gasteiger partial charge on any atom is 0.311 e. The maximum absolute atomic E-state index is 13.3.